The standard InChI is InChI=1S/C22H23N3O3/c1-14-13-24(11-10-18(14)22(27)28)21(26)16-8-9-20-19(12-16)23-15(2)25(20)17-6-4-3-5-7-17/h3-9,12,14,18H,10-11,13H2,1-2H3,(H,27,28). The van der Waals surface area contributed by atoms with Crippen molar-refractivity contribution in [2.75, 3.05) is 13.1 Å². The summed E-state index contributed by atoms with van der Waals surface area (Å²) in [6.45, 7) is 4.78. The minimum absolute atomic E-state index is 0.0570. The summed E-state index contributed by atoms with van der Waals surface area (Å²) in [5, 5.41) is 9.28. The van der Waals surface area contributed by atoms with Crippen molar-refractivity contribution in [2.45, 2.75) is 20.3 Å². The van der Waals surface area contributed by atoms with Gasteiger partial charge < -0.3 is 10.0 Å². The predicted octanol–water partition coefficient (Wildman–Crippen LogP) is 3.52. The first-order chi connectivity index (χ1) is 13.5. The van der Waals surface area contributed by atoms with Gasteiger partial charge in [-0.25, -0.2) is 4.98 Å². The number of carbonyl (C=O) groups excluding carboxylic acids is 1. The van der Waals surface area contributed by atoms with Crippen molar-refractivity contribution in [3.05, 3.63) is 59.9 Å². The van der Waals surface area contributed by atoms with Crippen LogP contribution in [0.3, 0.4) is 0 Å². The van der Waals surface area contributed by atoms with Crippen LogP contribution in [0.5, 0.6) is 0 Å². The Kier molecular flexibility index (Phi) is 4.63. The van der Waals surface area contributed by atoms with E-state index in [0.717, 1.165) is 22.5 Å². The van der Waals surface area contributed by atoms with Gasteiger partial charge in [0.15, 0.2) is 0 Å². The summed E-state index contributed by atoms with van der Waals surface area (Å²) in [4.78, 5) is 30.7. The fraction of sp³-hybridized carbons (Fsp3) is 0.318. The number of amides is 1. The summed E-state index contributed by atoms with van der Waals surface area (Å²) in [7, 11) is 0. The molecular formula is C22H23N3O3. The zero-order valence-corrected chi connectivity index (χ0v) is 16.0. The van der Waals surface area contributed by atoms with Crippen molar-refractivity contribution in [1.82, 2.24) is 14.5 Å². The van der Waals surface area contributed by atoms with Gasteiger partial charge in [0.1, 0.15) is 5.82 Å². The summed E-state index contributed by atoms with van der Waals surface area (Å²) < 4.78 is 2.07. The molecule has 2 aromatic carbocycles. The van der Waals surface area contributed by atoms with Gasteiger partial charge in [-0.3, -0.25) is 14.2 Å². The molecule has 0 bridgehead atoms. The fourth-order valence-electron chi connectivity index (χ4n) is 4.12. The van der Waals surface area contributed by atoms with Gasteiger partial charge in [0.05, 0.1) is 17.0 Å². The number of nitrogens with zero attached hydrogens (tertiary/aromatic N) is 3. The Morgan fingerprint density at radius 1 is 1.14 bits per heavy atom. The quantitative estimate of drug-likeness (QED) is 0.758. The third kappa shape index (κ3) is 3.15. The molecule has 1 amide bonds. The first-order valence-corrected chi connectivity index (χ1v) is 9.52. The highest BCUT2D eigenvalue weighted by atomic mass is 16.4. The summed E-state index contributed by atoms with van der Waals surface area (Å²) in [5.74, 6) is -0.414. The van der Waals surface area contributed by atoms with Gasteiger partial charge in [0.2, 0.25) is 0 Å². The van der Waals surface area contributed by atoms with E-state index >= 15 is 0 Å². The van der Waals surface area contributed by atoms with Crippen LogP contribution >= 0.6 is 0 Å². The highest BCUT2D eigenvalue weighted by Crippen LogP contribution is 2.26. The molecule has 0 aliphatic carbocycles. The number of carboxylic acid groups (broad SMARTS) is 1. The molecule has 1 fully saturated rings. The van der Waals surface area contributed by atoms with E-state index in [1.165, 1.54) is 0 Å². The normalized spacial score (nSPS) is 19.7. The van der Waals surface area contributed by atoms with Gasteiger partial charge >= 0.3 is 5.97 Å². The van der Waals surface area contributed by atoms with E-state index in [1.807, 2.05) is 62.4 Å². The van der Waals surface area contributed by atoms with Crippen molar-refractivity contribution in [2.24, 2.45) is 11.8 Å². The van der Waals surface area contributed by atoms with Gasteiger partial charge in [-0.2, -0.15) is 0 Å². The maximum absolute atomic E-state index is 13.0. The number of likely N-dealkylation sites (tertiary alicyclic amines) is 1. The number of para-hydroxylation sites is 1. The Balaban J connectivity index is 1.62. The lowest BCUT2D eigenvalue weighted by atomic mass is 9.87. The Bertz CT molecular complexity index is 1040. The minimum atomic E-state index is -0.775. The molecule has 3 aromatic rings. The third-order valence-electron chi connectivity index (χ3n) is 5.59. The van der Waals surface area contributed by atoms with Crippen LogP contribution in [-0.2, 0) is 4.79 Å². The Morgan fingerprint density at radius 3 is 2.57 bits per heavy atom. The largest absolute Gasteiger partial charge is 0.481 e. The number of piperidine rings is 1. The molecule has 28 heavy (non-hydrogen) atoms. The minimum Gasteiger partial charge on any atom is -0.481 e. The van der Waals surface area contributed by atoms with Crippen LogP contribution in [0.25, 0.3) is 16.7 Å². The second kappa shape index (κ2) is 7.11. The number of hydrogen-bond donors (Lipinski definition) is 1. The molecule has 2 unspecified atom stereocenters. The van der Waals surface area contributed by atoms with Crippen molar-refractivity contribution < 1.29 is 14.7 Å². The highest BCUT2D eigenvalue weighted by molar-refractivity contribution is 5.97. The molecule has 2 atom stereocenters. The molecule has 6 heteroatoms. The zero-order chi connectivity index (χ0) is 19.8. The van der Waals surface area contributed by atoms with Crippen LogP contribution in [0.15, 0.2) is 48.5 Å². The Labute approximate surface area is 163 Å². The third-order valence-corrected chi connectivity index (χ3v) is 5.59. The number of fused-ring (bicyclic) bond motifs is 1. The lowest BCUT2D eigenvalue weighted by Gasteiger charge is -2.35. The number of aromatic nitrogens is 2. The van der Waals surface area contributed by atoms with E-state index < -0.39 is 5.97 Å². The zero-order valence-electron chi connectivity index (χ0n) is 16.0. The molecule has 1 aliphatic heterocycles. The van der Waals surface area contributed by atoms with Crippen LogP contribution < -0.4 is 0 Å². The molecular weight excluding hydrogens is 354 g/mol. The van der Waals surface area contributed by atoms with Gasteiger partial charge in [0, 0.05) is 24.3 Å². The maximum Gasteiger partial charge on any atom is 0.306 e. The van der Waals surface area contributed by atoms with Crippen molar-refractivity contribution in [1.29, 1.82) is 0 Å². The second-order valence-electron chi connectivity index (χ2n) is 7.50. The predicted molar refractivity (Wildman–Crippen MR) is 107 cm³/mol. The van der Waals surface area contributed by atoms with Crippen molar-refractivity contribution in [3.8, 4) is 5.69 Å². The molecule has 144 valence electrons. The van der Waals surface area contributed by atoms with Crippen LogP contribution in [0.2, 0.25) is 0 Å². The van der Waals surface area contributed by atoms with E-state index in [9.17, 15) is 14.7 Å². The number of benzene rings is 2. The molecule has 1 N–H and O–H groups in total. The molecule has 6 nitrogen and oxygen atoms in total. The van der Waals surface area contributed by atoms with Crippen molar-refractivity contribution >= 4 is 22.9 Å². The van der Waals surface area contributed by atoms with Gasteiger partial charge in [-0.1, -0.05) is 25.1 Å². The first kappa shape index (κ1) is 18.2. The van der Waals surface area contributed by atoms with Crippen LogP contribution in [0.4, 0.5) is 0 Å². The smallest absolute Gasteiger partial charge is 0.306 e. The van der Waals surface area contributed by atoms with Crippen LogP contribution in [-0.4, -0.2) is 44.5 Å². The van der Waals surface area contributed by atoms with Gasteiger partial charge in [-0.15, -0.1) is 0 Å². The summed E-state index contributed by atoms with van der Waals surface area (Å²) >= 11 is 0. The fourth-order valence-corrected chi connectivity index (χ4v) is 4.12. The molecule has 1 aliphatic rings. The second-order valence-corrected chi connectivity index (χ2v) is 7.50. The molecule has 1 saturated heterocycles. The monoisotopic (exact) mass is 377 g/mol. The first-order valence-electron chi connectivity index (χ1n) is 9.52. The average Bonchev–Trinajstić information content (AvgIpc) is 3.02. The maximum atomic E-state index is 13.0. The Morgan fingerprint density at radius 2 is 1.89 bits per heavy atom. The van der Waals surface area contributed by atoms with E-state index in [1.54, 1.807) is 4.90 Å². The average molecular weight is 377 g/mol. The number of imidazole rings is 1. The van der Waals surface area contributed by atoms with Gasteiger partial charge in [-0.05, 0) is 49.6 Å². The lowest BCUT2D eigenvalue weighted by Crippen LogP contribution is -2.45. The van der Waals surface area contributed by atoms with E-state index in [2.05, 4.69) is 9.55 Å². The van der Waals surface area contributed by atoms with Crippen LogP contribution in [0, 0.1) is 18.8 Å². The highest BCUT2D eigenvalue weighted by Gasteiger charge is 2.33. The van der Waals surface area contributed by atoms with E-state index in [0.29, 0.717) is 25.1 Å². The lowest BCUT2D eigenvalue weighted by molar-refractivity contribution is -0.145. The summed E-state index contributed by atoms with van der Waals surface area (Å²) in [6.07, 6.45) is 0.492. The number of aliphatic carboxylic acids is 1. The molecule has 4 rings (SSSR count). The Hall–Kier alpha value is -3.15. The summed E-state index contributed by atoms with van der Waals surface area (Å²) in [6, 6.07) is 15.6. The number of carboxylic acids is 1. The number of hydrogen-bond acceptors (Lipinski definition) is 3. The van der Waals surface area contributed by atoms with E-state index in [-0.39, 0.29) is 17.7 Å². The molecule has 0 radical (unpaired) electrons. The van der Waals surface area contributed by atoms with Gasteiger partial charge in [0.25, 0.3) is 5.91 Å². The van der Waals surface area contributed by atoms with E-state index in [4.69, 9.17) is 0 Å². The topological polar surface area (TPSA) is 75.4 Å². The SMILES string of the molecule is Cc1nc2cc(C(=O)N3CCC(C(=O)O)C(C)C3)ccc2n1-c1ccccc1. The van der Waals surface area contributed by atoms with Crippen molar-refractivity contribution in [3.63, 3.8) is 0 Å². The molecule has 1 aromatic heterocycles. The summed E-state index contributed by atoms with van der Waals surface area (Å²) in [5.41, 5.74) is 3.36. The van der Waals surface area contributed by atoms with Crippen LogP contribution in [0.1, 0.15) is 29.5 Å². The number of rotatable bonds is 3. The molecule has 0 saturated carbocycles. The molecule has 0 spiro atoms. The number of aryl methyl sites for hydroxylation is 1. The molecule has 2 heterocycles. The number of carbonyl (C=O) groups is 2.